The van der Waals surface area contributed by atoms with Gasteiger partial charge in [0, 0.05) is 5.97 Å². The maximum atomic E-state index is 11.1. The summed E-state index contributed by atoms with van der Waals surface area (Å²) in [6.07, 6.45) is 9.84. The van der Waals surface area contributed by atoms with Crippen LogP contribution in [0.4, 0.5) is 0 Å². The quantitative estimate of drug-likeness (QED) is 0.207. The Morgan fingerprint density at radius 3 is 2.24 bits per heavy atom. The van der Waals surface area contributed by atoms with Crippen LogP contribution in [0, 0.1) is 46.3 Å². The number of carboxylic acids is 1. The number of fused-ring (bicyclic) bond motifs is 5. The fraction of sp³-hybridized carbons (Fsp3) is 0.958. The molecule has 0 heterocycles. The Hall–Kier alpha value is 1.30. The molecule has 4 fully saturated rings. The minimum atomic E-state index is -4.64. The third-order valence-corrected chi connectivity index (χ3v) is 10.9. The van der Waals surface area contributed by atoms with E-state index >= 15 is 0 Å². The van der Waals surface area contributed by atoms with Crippen LogP contribution in [0.5, 0.6) is 0 Å². The minimum Gasteiger partial charge on any atom is -0.726 e. The van der Waals surface area contributed by atoms with E-state index in [4.69, 9.17) is 4.18 Å². The summed E-state index contributed by atoms with van der Waals surface area (Å²) in [5.41, 5.74) is 0.502. The van der Waals surface area contributed by atoms with Crippen LogP contribution in [0.2, 0.25) is 0 Å². The molecular weight excluding hydrogens is 478 g/mol. The van der Waals surface area contributed by atoms with Gasteiger partial charge in [-0.05, 0) is 117 Å². The maximum Gasteiger partial charge on any atom is 1.00 e. The van der Waals surface area contributed by atoms with Gasteiger partial charge >= 0.3 is 59.1 Å². The molecule has 0 aromatic rings. The molecule has 186 valence electrons. The first-order chi connectivity index (χ1) is 14.4. The first-order valence-electron chi connectivity index (χ1n) is 12.3. The first-order valence-corrected chi connectivity index (χ1v) is 13.6. The van der Waals surface area contributed by atoms with Crippen molar-refractivity contribution in [1.29, 1.82) is 0 Å². The van der Waals surface area contributed by atoms with E-state index in [9.17, 15) is 22.9 Å². The van der Waals surface area contributed by atoms with E-state index in [0.29, 0.717) is 60.2 Å². The summed E-state index contributed by atoms with van der Waals surface area (Å²) >= 11 is 0. The largest absolute Gasteiger partial charge is 1.00 e. The Morgan fingerprint density at radius 1 is 1.00 bits per heavy atom. The van der Waals surface area contributed by atoms with Crippen LogP contribution in [0.25, 0.3) is 0 Å². The average Bonchev–Trinajstić information content (AvgIpc) is 3.02. The second-order valence-electron chi connectivity index (χ2n) is 11.7. The van der Waals surface area contributed by atoms with Gasteiger partial charge in [0.2, 0.25) is 10.4 Å². The van der Waals surface area contributed by atoms with Crippen molar-refractivity contribution in [2.75, 3.05) is 0 Å². The summed E-state index contributed by atoms with van der Waals surface area (Å²) < 4.78 is 38.1. The molecule has 34 heavy (non-hydrogen) atoms. The van der Waals surface area contributed by atoms with Gasteiger partial charge in [-0.2, -0.15) is 0 Å². The van der Waals surface area contributed by atoms with Gasteiger partial charge in [0.25, 0.3) is 0 Å². The van der Waals surface area contributed by atoms with Crippen molar-refractivity contribution in [1.82, 2.24) is 0 Å². The van der Waals surface area contributed by atoms with Crippen LogP contribution in [-0.2, 0) is 19.4 Å². The minimum absolute atomic E-state index is 0. The molecule has 0 spiro atoms. The van der Waals surface area contributed by atoms with Crippen molar-refractivity contribution in [2.45, 2.75) is 97.5 Å². The van der Waals surface area contributed by atoms with Crippen molar-refractivity contribution in [3.05, 3.63) is 0 Å². The average molecular weight is 519 g/mol. The topological polar surface area (TPSA) is 138 Å². The standard InChI is InChI=1S/C24H40O6S.2Na.H2O/c1-15(4-9-22(25)26)19-7-8-20-18-6-5-16-14-17(30-31(27,28)29)10-12-23(16,2)21(18)11-13-24(19,20)3;;;/h15-21H,4-14H2,1-3H3,(H,25,26)(H,27,28,29);;;1H2/q;2*+1;/p-2. The van der Waals surface area contributed by atoms with Gasteiger partial charge in [0.05, 0.1) is 6.10 Å². The summed E-state index contributed by atoms with van der Waals surface area (Å²) in [6, 6.07) is 0. The molecule has 0 bridgehead atoms. The number of carbonyl (C=O) groups excluding carboxylic acids is 1. The number of hydrogen-bond acceptors (Lipinski definition) is 6. The number of hydrogen-bond donors (Lipinski definition) is 0. The zero-order valence-corrected chi connectivity index (χ0v) is 26.5. The molecule has 4 aliphatic carbocycles. The van der Waals surface area contributed by atoms with E-state index in [2.05, 4.69) is 20.8 Å². The normalized spacial score (nSPS) is 41.9. The summed E-state index contributed by atoms with van der Waals surface area (Å²) in [5.74, 6) is 2.57. The monoisotopic (exact) mass is 518 g/mol. The van der Waals surface area contributed by atoms with Gasteiger partial charge in [0.15, 0.2) is 0 Å². The van der Waals surface area contributed by atoms with Crippen molar-refractivity contribution < 1.29 is 91.6 Å². The fourth-order valence-electron chi connectivity index (χ4n) is 8.99. The van der Waals surface area contributed by atoms with E-state index in [0.717, 1.165) is 12.8 Å². The number of carbonyl (C=O) groups is 1. The molecule has 4 aliphatic rings. The van der Waals surface area contributed by atoms with Crippen molar-refractivity contribution in [3.63, 3.8) is 0 Å². The molecule has 0 aromatic heterocycles. The molecule has 4 saturated carbocycles. The van der Waals surface area contributed by atoms with E-state index in [1.54, 1.807) is 0 Å². The van der Waals surface area contributed by atoms with E-state index in [-0.39, 0.29) is 76.4 Å². The van der Waals surface area contributed by atoms with Gasteiger partial charge in [-0.1, -0.05) is 20.8 Å². The zero-order chi connectivity index (χ0) is 22.6. The van der Waals surface area contributed by atoms with Crippen LogP contribution in [0.15, 0.2) is 0 Å². The molecule has 2 N–H and O–H groups in total. The van der Waals surface area contributed by atoms with Crippen molar-refractivity contribution in [2.24, 2.45) is 46.3 Å². The van der Waals surface area contributed by atoms with E-state index in [1.165, 1.54) is 32.1 Å². The SMILES string of the molecule is CC(CCC(=O)[O-])C1CCC2C3CCC4CC(OS(=O)(=O)[O-])CCC4(C)C3CCC12C.O.[Na+].[Na+]. The molecule has 0 aliphatic heterocycles. The Bertz CT molecular complexity index is 809. The van der Waals surface area contributed by atoms with Crippen LogP contribution in [-0.4, -0.2) is 30.5 Å². The van der Waals surface area contributed by atoms with Crippen molar-refractivity contribution >= 4 is 16.4 Å². The third kappa shape index (κ3) is 6.47. The van der Waals surface area contributed by atoms with Gasteiger partial charge < -0.3 is 19.9 Å². The molecule has 7 nitrogen and oxygen atoms in total. The Balaban J connectivity index is 0.00000193. The van der Waals surface area contributed by atoms with Gasteiger partial charge in [0.1, 0.15) is 0 Å². The summed E-state index contributed by atoms with van der Waals surface area (Å²) in [5, 5.41) is 11.0. The van der Waals surface area contributed by atoms with Gasteiger partial charge in [-0.25, -0.2) is 8.42 Å². The Labute approximate surface area is 249 Å². The number of aliphatic carboxylic acids is 1. The molecule has 0 amide bonds. The summed E-state index contributed by atoms with van der Waals surface area (Å²) in [6.45, 7) is 7.12. The number of carboxylic acid groups (broad SMARTS) is 1. The zero-order valence-electron chi connectivity index (χ0n) is 21.7. The van der Waals surface area contributed by atoms with Crippen LogP contribution >= 0.6 is 0 Å². The predicted molar refractivity (Wildman–Crippen MR) is 117 cm³/mol. The molecule has 0 saturated heterocycles. The second kappa shape index (κ2) is 12.4. The third-order valence-electron chi connectivity index (χ3n) is 10.4. The van der Waals surface area contributed by atoms with Crippen LogP contribution in [0.1, 0.15) is 91.4 Å². The summed E-state index contributed by atoms with van der Waals surface area (Å²) in [7, 11) is -4.64. The molecule has 0 radical (unpaired) electrons. The number of rotatable bonds is 6. The predicted octanol–water partition coefficient (Wildman–Crippen LogP) is -3.16. The van der Waals surface area contributed by atoms with Gasteiger partial charge in [-0.3, -0.25) is 4.18 Å². The molecule has 9 unspecified atom stereocenters. The molecule has 0 aromatic carbocycles. The Kier molecular flexibility index (Phi) is 12.2. The van der Waals surface area contributed by atoms with Crippen molar-refractivity contribution in [3.8, 4) is 0 Å². The fourth-order valence-corrected chi connectivity index (χ4v) is 9.50. The molecule has 9 atom stereocenters. The summed E-state index contributed by atoms with van der Waals surface area (Å²) in [4.78, 5) is 11.0. The smallest absolute Gasteiger partial charge is 0.726 e. The molecule has 4 rings (SSSR count). The molecular formula is C24H40Na2O7S. The van der Waals surface area contributed by atoms with E-state index < -0.39 is 22.5 Å². The first kappa shape index (κ1) is 33.3. The van der Waals surface area contributed by atoms with Crippen LogP contribution < -0.4 is 64.2 Å². The maximum absolute atomic E-state index is 11.1. The second-order valence-corrected chi connectivity index (χ2v) is 12.7. The molecule has 10 heteroatoms. The van der Waals surface area contributed by atoms with Crippen LogP contribution in [0.3, 0.4) is 0 Å². The van der Waals surface area contributed by atoms with Gasteiger partial charge in [-0.15, -0.1) is 0 Å². The van der Waals surface area contributed by atoms with E-state index in [1.807, 2.05) is 0 Å². The Morgan fingerprint density at radius 2 is 1.62 bits per heavy atom.